The van der Waals surface area contributed by atoms with E-state index in [1.165, 1.54) is 19.9 Å². The lowest BCUT2D eigenvalue weighted by Gasteiger charge is -2.34. The summed E-state index contributed by atoms with van der Waals surface area (Å²) in [5.41, 5.74) is -6.08. The highest BCUT2D eigenvalue weighted by atomic mass is 19.4. The van der Waals surface area contributed by atoms with Gasteiger partial charge in [0.2, 0.25) is 11.8 Å². The number of amides is 3. The van der Waals surface area contributed by atoms with E-state index in [2.05, 4.69) is 5.32 Å². The minimum Gasteiger partial charge on any atom is -0.443 e. The standard InChI is InChI=1S/C26H19F6N3O5.CH4/c1-23-10-17(39-22(38)34-14-6-4-13(5-7-14)25(27,28)29)24(2,40-23)19-18(23)20(36)35(21(19)37)15-8-3-12(11-33)16(9-15)26(30,31)32;/h3-9,17-19H,10H2,1-2H3,(H,34,38);1H4/t17-,18-,19+,23-,24+;/m1./s1. The minimum atomic E-state index is -4.91. The van der Waals surface area contributed by atoms with E-state index in [1.807, 2.05) is 0 Å². The van der Waals surface area contributed by atoms with Crippen molar-refractivity contribution < 1.29 is 50.2 Å². The van der Waals surface area contributed by atoms with Crippen molar-refractivity contribution in [1.29, 1.82) is 5.26 Å². The highest BCUT2D eigenvalue weighted by Crippen LogP contribution is 2.62. The number of anilines is 2. The fraction of sp³-hybridized carbons (Fsp3) is 0.407. The number of nitriles is 1. The van der Waals surface area contributed by atoms with Crippen molar-refractivity contribution in [3.8, 4) is 6.07 Å². The lowest BCUT2D eigenvalue weighted by molar-refractivity contribution is -0.138. The van der Waals surface area contributed by atoms with Gasteiger partial charge in [-0.15, -0.1) is 0 Å². The van der Waals surface area contributed by atoms with Gasteiger partial charge in [-0.2, -0.15) is 31.6 Å². The number of carbonyl (C=O) groups is 3. The van der Waals surface area contributed by atoms with Crippen molar-refractivity contribution in [3.05, 3.63) is 59.2 Å². The number of hydrogen-bond acceptors (Lipinski definition) is 6. The Morgan fingerprint density at radius 2 is 1.63 bits per heavy atom. The first-order chi connectivity index (χ1) is 18.5. The maximum Gasteiger partial charge on any atom is 0.417 e. The molecule has 3 amide bonds. The Morgan fingerprint density at radius 1 is 1.02 bits per heavy atom. The first-order valence-corrected chi connectivity index (χ1v) is 11.8. The van der Waals surface area contributed by atoms with Crippen LogP contribution in [-0.4, -0.2) is 35.2 Å². The van der Waals surface area contributed by atoms with E-state index in [0.29, 0.717) is 11.0 Å². The lowest BCUT2D eigenvalue weighted by atomic mass is 9.67. The van der Waals surface area contributed by atoms with E-state index in [4.69, 9.17) is 14.7 Å². The molecule has 0 unspecified atom stereocenters. The summed E-state index contributed by atoms with van der Waals surface area (Å²) >= 11 is 0. The molecule has 3 fully saturated rings. The summed E-state index contributed by atoms with van der Waals surface area (Å²) in [7, 11) is 0. The molecule has 0 spiro atoms. The predicted molar refractivity (Wildman–Crippen MR) is 130 cm³/mol. The molecule has 0 aliphatic carbocycles. The van der Waals surface area contributed by atoms with E-state index in [0.717, 1.165) is 36.4 Å². The summed E-state index contributed by atoms with van der Waals surface area (Å²) in [4.78, 5) is 40.1. The molecule has 3 aliphatic rings. The second kappa shape index (κ2) is 9.47. The van der Waals surface area contributed by atoms with E-state index in [9.17, 15) is 40.7 Å². The monoisotopic (exact) mass is 583 g/mol. The fourth-order valence-corrected chi connectivity index (χ4v) is 5.93. The van der Waals surface area contributed by atoms with Gasteiger partial charge in [0, 0.05) is 12.1 Å². The molecule has 0 radical (unpaired) electrons. The zero-order chi connectivity index (χ0) is 29.4. The number of benzene rings is 2. The highest BCUT2D eigenvalue weighted by Gasteiger charge is 2.77. The molecule has 0 aromatic heterocycles. The average molecular weight is 583 g/mol. The van der Waals surface area contributed by atoms with Gasteiger partial charge >= 0.3 is 18.4 Å². The van der Waals surface area contributed by atoms with Gasteiger partial charge < -0.3 is 9.47 Å². The summed E-state index contributed by atoms with van der Waals surface area (Å²) in [6.45, 7) is 2.98. The van der Waals surface area contributed by atoms with Crippen LogP contribution in [0.5, 0.6) is 0 Å². The Kier molecular flexibility index (Phi) is 6.90. The third-order valence-electron chi connectivity index (χ3n) is 7.66. The van der Waals surface area contributed by atoms with Crippen molar-refractivity contribution in [2.45, 2.75) is 57.4 Å². The van der Waals surface area contributed by atoms with Gasteiger partial charge in [-0.25, -0.2) is 9.69 Å². The van der Waals surface area contributed by atoms with Crippen LogP contribution in [0.2, 0.25) is 0 Å². The first kappa shape index (κ1) is 29.9. The van der Waals surface area contributed by atoms with E-state index < -0.39 is 76.1 Å². The van der Waals surface area contributed by atoms with Crippen molar-refractivity contribution in [2.24, 2.45) is 11.8 Å². The number of rotatable bonds is 3. The minimum absolute atomic E-state index is 0. The number of fused-ring (bicyclic) bond motifs is 5. The summed E-state index contributed by atoms with van der Waals surface area (Å²) in [5.74, 6) is -3.91. The molecule has 3 aliphatic heterocycles. The van der Waals surface area contributed by atoms with Gasteiger partial charge in [0.15, 0.2) is 0 Å². The van der Waals surface area contributed by atoms with Gasteiger partial charge in [0.05, 0.1) is 45.9 Å². The molecule has 8 nitrogen and oxygen atoms in total. The Bertz CT molecular complexity index is 1470. The molecule has 14 heteroatoms. The van der Waals surface area contributed by atoms with Gasteiger partial charge in [-0.1, -0.05) is 7.43 Å². The van der Waals surface area contributed by atoms with Crippen LogP contribution >= 0.6 is 0 Å². The molecule has 41 heavy (non-hydrogen) atoms. The SMILES string of the molecule is C.C[C@]12O[C@](C)(C[C@H]1OC(=O)Nc1ccc(C(F)(F)F)cc1)[C@H]1C(=O)N(c3ccc(C#N)c(C(F)(F)F)c3)C(=O)[C@H]12. The van der Waals surface area contributed by atoms with Gasteiger partial charge in [0.25, 0.3) is 0 Å². The van der Waals surface area contributed by atoms with Crippen LogP contribution in [0.1, 0.15) is 44.4 Å². The number of nitrogens with zero attached hydrogens (tertiary/aromatic N) is 2. The summed E-state index contributed by atoms with van der Waals surface area (Å²) in [5, 5.41) is 11.4. The maximum atomic E-state index is 13.5. The smallest absolute Gasteiger partial charge is 0.417 e. The van der Waals surface area contributed by atoms with Gasteiger partial charge in [-0.3, -0.25) is 14.9 Å². The molecule has 2 bridgehead atoms. The van der Waals surface area contributed by atoms with Crippen molar-refractivity contribution in [1.82, 2.24) is 0 Å². The Labute approximate surface area is 229 Å². The number of carbonyl (C=O) groups excluding carboxylic acids is 3. The Morgan fingerprint density at radius 3 is 2.20 bits per heavy atom. The number of imide groups is 1. The van der Waals surface area contributed by atoms with Crippen LogP contribution in [0.4, 0.5) is 42.5 Å². The van der Waals surface area contributed by atoms with Crippen LogP contribution in [0, 0.1) is 23.2 Å². The Balaban J connectivity index is 0.00000387. The zero-order valence-electron chi connectivity index (χ0n) is 20.7. The molecular formula is C27H23F6N3O5. The maximum absolute atomic E-state index is 13.5. The predicted octanol–water partition coefficient (Wildman–Crippen LogP) is 5.91. The number of alkyl halides is 6. The molecular weight excluding hydrogens is 560 g/mol. The summed E-state index contributed by atoms with van der Waals surface area (Å²) in [6, 6.07) is 7.55. The fourth-order valence-electron chi connectivity index (χ4n) is 5.93. The van der Waals surface area contributed by atoms with Crippen LogP contribution < -0.4 is 10.2 Å². The van der Waals surface area contributed by atoms with E-state index in [-0.39, 0.29) is 25.2 Å². The van der Waals surface area contributed by atoms with Crippen LogP contribution in [-0.2, 0) is 31.4 Å². The lowest BCUT2D eigenvalue weighted by Crippen LogP contribution is -2.51. The quantitative estimate of drug-likeness (QED) is 0.356. The first-order valence-electron chi connectivity index (χ1n) is 11.8. The zero-order valence-corrected chi connectivity index (χ0v) is 20.7. The number of nitrogens with one attached hydrogen (secondary N) is 1. The largest absolute Gasteiger partial charge is 0.443 e. The van der Waals surface area contributed by atoms with Crippen LogP contribution in [0.15, 0.2) is 42.5 Å². The highest BCUT2D eigenvalue weighted by molar-refractivity contribution is 6.23. The molecule has 2 aromatic rings. The molecule has 0 saturated carbocycles. The molecule has 1 N–H and O–H groups in total. The van der Waals surface area contributed by atoms with Crippen molar-refractivity contribution in [3.63, 3.8) is 0 Å². The van der Waals surface area contributed by atoms with Crippen LogP contribution in [0.25, 0.3) is 0 Å². The second-order valence-corrected chi connectivity index (χ2v) is 10.2. The summed E-state index contributed by atoms with van der Waals surface area (Å²) < 4.78 is 90.4. The third-order valence-corrected chi connectivity index (χ3v) is 7.66. The second-order valence-electron chi connectivity index (χ2n) is 10.2. The van der Waals surface area contributed by atoms with Gasteiger partial charge in [0.1, 0.15) is 11.7 Å². The Hall–Kier alpha value is -4.12. The topological polar surface area (TPSA) is 109 Å². The number of halogens is 6. The average Bonchev–Trinajstić information content (AvgIpc) is 3.37. The normalized spacial score (nSPS) is 28.7. The third kappa shape index (κ3) is 4.67. The molecule has 5 atom stereocenters. The number of hydrogen-bond donors (Lipinski definition) is 1. The van der Waals surface area contributed by atoms with Crippen molar-refractivity contribution in [2.75, 3.05) is 10.2 Å². The summed E-state index contributed by atoms with van der Waals surface area (Å²) in [6.07, 6.45) is -11.6. The molecule has 2 aromatic carbocycles. The molecule has 218 valence electrons. The molecule has 3 saturated heterocycles. The molecule has 3 heterocycles. The van der Waals surface area contributed by atoms with Gasteiger partial charge in [-0.05, 0) is 56.3 Å². The van der Waals surface area contributed by atoms with E-state index >= 15 is 0 Å². The van der Waals surface area contributed by atoms with E-state index in [1.54, 1.807) is 0 Å². The van der Waals surface area contributed by atoms with Crippen molar-refractivity contribution >= 4 is 29.3 Å². The number of ether oxygens (including phenoxy) is 2. The molecule has 5 rings (SSSR count). The van der Waals surface area contributed by atoms with Crippen LogP contribution in [0.3, 0.4) is 0 Å².